The smallest absolute Gasteiger partial charge is 0.220 e. The lowest BCUT2D eigenvalue weighted by Crippen LogP contribution is -2.65. The van der Waals surface area contributed by atoms with Gasteiger partial charge in [0.25, 0.3) is 0 Å². The van der Waals surface area contributed by atoms with E-state index in [0.29, 0.717) is 12.8 Å². The number of hydrogen-bond acceptors (Lipinski definition) is 13. The molecule has 520 valence electrons. The molecule has 2 fully saturated rings. The molecule has 0 bridgehead atoms. The van der Waals surface area contributed by atoms with Gasteiger partial charge in [-0.3, -0.25) is 4.79 Å². The van der Waals surface area contributed by atoms with Gasteiger partial charge in [0.1, 0.15) is 48.8 Å². The van der Waals surface area contributed by atoms with Gasteiger partial charge in [0, 0.05) is 6.42 Å². The van der Waals surface area contributed by atoms with E-state index in [1.807, 2.05) is 0 Å². The second-order valence-electron chi connectivity index (χ2n) is 25.3. The molecule has 14 nitrogen and oxygen atoms in total. The van der Waals surface area contributed by atoms with Gasteiger partial charge < -0.3 is 65.1 Å². The SMILES string of the molecule is CC/C=C\C/C=C\C/C=C\C/C=C\C/C=C\C/C=C\C/C=C\C/C=C\CCCCCCCCCCCCCCCCCCC(=O)NC(COC1OC(CO)C(OC2OC(CO)C(O)C(O)C2O)C(O)C1O)C(O)CCCCCCCCCCCCCCCCC. The normalized spacial score (nSPS) is 23.5. The Balaban J connectivity index is 1.57. The molecule has 90 heavy (non-hydrogen) atoms. The lowest BCUT2D eigenvalue weighted by Gasteiger charge is -2.46. The van der Waals surface area contributed by atoms with E-state index in [1.54, 1.807) is 0 Å². The van der Waals surface area contributed by atoms with Crippen molar-refractivity contribution in [1.82, 2.24) is 5.32 Å². The van der Waals surface area contributed by atoms with Crippen molar-refractivity contribution < 1.29 is 64.6 Å². The van der Waals surface area contributed by atoms with Crippen molar-refractivity contribution in [2.75, 3.05) is 19.8 Å². The monoisotopic (exact) mass is 1270 g/mol. The summed E-state index contributed by atoms with van der Waals surface area (Å²) in [5, 5.41) is 87.5. The van der Waals surface area contributed by atoms with Gasteiger partial charge in [-0.15, -0.1) is 0 Å². The molecule has 2 aliphatic rings. The second-order valence-corrected chi connectivity index (χ2v) is 25.3. The fourth-order valence-corrected chi connectivity index (χ4v) is 11.5. The third-order valence-corrected chi connectivity index (χ3v) is 17.3. The van der Waals surface area contributed by atoms with Crippen molar-refractivity contribution in [3.63, 3.8) is 0 Å². The van der Waals surface area contributed by atoms with Crippen molar-refractivity contribution in [2.24, 2.45) is 0 Å². The fraction of sp³-hybridized carbons (Fsp3) is 0.776. The maximum atomic E-state index is 13.3. The lowest BCUT2D eigenvalue weighted by molar-refractivity contribution is -0.359. The summed E-state index contributed by atoms with van der Waals surface area (Å²) in [6, 6.07) is -0.832. The van der Waals surface area contributed by atoms with Crippen molar-refractivity contribution in [3.05, 3.63) is 97.2 Å². The molecule has 1 amide bonds. The molecule has 0 aliphatic carbocycles. The summed E-state index contributed by atoms with van der Waals surface area (Å²) in [7, 11) is 0. The molecule has 0 aromatic rings. The minimum absolute atomic E-state index is 0.207. The van der Waals surface area contributed by atoms with Crippen LogP contribution in [0.4, 0.5) is 0 Å². The van der Waals surface area contributed by atoms with E-state index in [4.69, 9.17) is 18.9 Å². The first-order valence-corrected chi connectivity index (χ1v) is 36.5. The average Bonchev–Trinajstić information content (AvgIpc) is 1.58. The van der Waals surface area contributed by atoms with E-state index in [-0.39, 0.29) is 12.5 Å². The number of nitrogens with one attached hydrogen (secondary N) is 1. The fourth-order valence-electron chi connectivity index (χ4n) is 11.5. The van der Waals surface area contributed by atoms with Crippen LogP contribution in [0.2, 0.25) is 0 Å². The maximum Gasteiger partial charge on any atom is 0.220 e. The highest BCUT2D eigenvalue weighted by molar-refractivity contribution is 5.76. The zero-order valence-electron chi connectivity index (χ0n) is 56.6. The van der Waals surface area contributed by atoms with Crippen molar-refractivity contribution in [3.8, 4) is 0 Å². The summed E-state index contributed by atoms with van der Waals surface area (Å²) in [5.74, 6) is -0.207. The molecule has 0 spiro atoms. The third-order valence-electron chi connectivity index (χ3n) is 17.3. The number of carbonyl (C=O) groups excluding carboxylic acids is 1. The maximum absolute atomic E-state index is 13.3. The quantitative estimate of drug-likeness (QED) is 0.0204. The highest BCUT2D eigenvalue weighted by Crippen LogP contribution is 2.30. The Hall–Kier alpha value is -3.09. The van der Waals surface area contributed by atoms with Crippen LogP contribution in [0.5, 0.6) is 0 Å². The molecule has 12 unspecified atom stereocenters. The molecule has 0 aromatic heterocycles. The number of aliphatic hydroxyl groups excluding tert-OH is 8. The molecule has 14 heteroatoms. The molecule has 0 aromatic carbocycles. The van der Waals surface area contributed by atoms with E-state index in [0.717, 1.165) is 103 Å². The Morgan fingerprint density at radius 1 is 0.411 bits per heavy atom. The van der Waals surface area contributed by atoms with Gasteiger partial charge in [0.2, 0.25) is 5.91 Å². The van der Waals surface area contributed by atoms with Crippen LogP contribution in [0.25, 0.3) is 0 Å². The molecule has 2 aliphatic heterocycles. The first-order valence-electron chi connectivity index (χ1n) is 36.5. The number of carbonyl (C=O) groups is 1. The van der Waals surface area contributed by atoms with Gasteiger partial charge in [-0.25, -0.2) is 0 Å². The molecule has 2 saturated heterocycles. The van der Waals surface area contributed by atoms with Crippen LogP contribution in [-0.2, 0) is 23.7 Å². The van der Waals surface area contributed by atoms with Crippen LogP contribution >= 0.6 is 0 Å². The molecule has 0 saturated carbocycles. The Morgan fingerprint density at radius 3 is 1.18 bits per heavy atom. The lowest BCUT2D eigenvalue weighted by atomic mass is 9.97. The van der Waals surface area contributed by atoms with Gasteiger partial charge in [0.15, 0.2) is 12.6 Å². The Labute approximate surface area is 547 Å². The van der Waals surface area contributed by atoms with E-state index in [1.165, 1.54) is 154 Å². The Morgan fingerprint density at radius 2 is 0.767 bits per heavy atom. The topological polar surface area (TPSA) is 228 Å². The summed E-state index contributed by atoms with van der Waals surface area (Å²) >= 11 is 0. The van der Waals surface area contributed by atoms with Crippen molar-refractivity contribution in [2.45, 2.75) is 357 Å². The van der Waals surface area contributed by atoms with Crippen LogP contribution in [0.15, 0.2) is 97.2 Å². The van der Waals surface area contributed by atoms with Gasteiger partial charge in [0.05, 0.1) is 32.0 Å². The van der Waals surface area contributed by atoms with Crippen LogP contribution < -0.4 is 5.32 Å². The standard InChI is InChI=1S/C76H133NO13/c1-3-5-7-9-11-13-15-17-19-20-21-22-23-24-25-26-27-28-29-30-31-32-33-34-35-36-37-38-39-40-41-42-43-44-46-48-50-52-54-56-58-60-68(81)77-64(65(80)59-57-55-53-51-49-47-45-18-16-14-12-10-8-6-4-2)63-87-75-73(86)71(84)74(67(62-79)89-75)90-76-72(85)70(83)69(82)66(61-78)88-76/h5,7,11,13,17,19,21-22,24-25,27-28,30-31,33-34,64-67,69-76,78-80,82-86H,3-4,6,8-10,12,14-16,18,20,23,26,29,32,35-63H2,1-2H3,(H,77,81)/b7-5-,13-11-,19-17-,22-21-,25-24-,28-27-,31-30-,34-33-. The summed E-state index contributed by atoms with van der Waals surface area (Å²) in [4.78, 5) is 13.3. The minimum Gasteiger partial charge on any atom is -0.394 e. The largest absolute Gasteiger partial charge is 0.394 e. The zero-order chi connectivity index (χ0) is 65.2. The van der Waals surface area contributed by atoms with Crippen LogP contribution in [0, 0.1) is 0 Å². The summed E-state index contributed by atoms with van der Waals surface area (Å²) in [5.41, 5.74) is 0. The Kier molecular flexibility index (Phi) is 55.0. The summed E-state index contributed by atoms with van der Waals surface area (Å²) in [6.45, 7) is 2.76. The van der Waals surface area contributed by atoms with Crippen LogP contribution in [0.1, 0.15) is 284 Å². The van der Waals surface area contributed by atoms with Gasteiger partial charge in [-0.05, 0) is 77.0 Å². The first kappa shape index (κ1) is 83.0. The van der Waals surface area contributed by atoms with Gasteiger partial charge in [-0.2, -0.15) is 0 Å². The van der Waals surface area contributed by atoms with Gasteiger partial charge >= 0.3 is 0 Å². The first-order chi connectivity index (χ1) is 44.1. The molecule has 9 N–H and O–H groups in total. The third kappa shape index (κ3) is 43.0. The molecule has 0 radical (unpaired) electrons. The second kappa shape index (κ2) is 59.6. The number of amides is 1. The molecule has 2 heterocycles. The number of aliphatic hydroxyl groups is 8. The van der Waals surface area contributed by atoms with E-state index >= 15 is 0 Å². The molecule has 2 rings (SSSR count). The van der Waals surface area contributed by atoms with E-state index < -0.39 is 86.8 Å². The molecular formula is C76H133NO13. The van der Waals surface area contributed by atoms with Crippen LogP contribution in [0.3, 0.4) is 0 Å². The summed E-state index contributed by atoms with van der Waals surface area (Å²) in [6.07, 6.45) is 67.2. The van der Waals surface area contributed by atoms with E-state index in [2.05, 4.69) is 116 Å². The predicted molar refractivity (Wildman–Crippen MR) is 369 cm³/mol. The highest BCUT2D eigenvalue weighted by atomic mass is 16.7. The minimum atomic E-state index is -1.78. The van der Waals surface area contributed by atoms with Crippen LogP contribution in [-0.4, -0.2) is 140 Å². The van der Waals surface area contributed by atoms with E-state index in [9.17, 15) is 45.6 Å². The predicted octanol–water partition coefficient (Wildman–Crippen LogP) is 15.3. The van der Waals surface area contributed by atoms with Gasteiger partial charge in [-0.1, -0.05) is 297 Å². The Bertz CT molecular complexity index is 1880. The number of unbranched alkanes of at least 4 members (excludes halogenated alkanes) is 30. The molecule has 12 atom stereocenters. The number of hydrogen-bond donors (Lipinski definition) is 9. The zero-order valence-corrected chi connectivity index (χ0v) is 56.6. The van der Waals surface area contributed by atoms with Crippen molar-refractivity contribution >= 4 is 5.91 Å². The summed E-state index contributed by atoms with van der Waals surface area (Å²) < 4.78 is 22.9. The van der Waals surface area contributed by atoms with Crippen molar-refractivity contribution in [1.29, 1.82) is 0 Å². The number of ether oxygens (including phenoxy) is 4. The molecular weight excluding hydrogens is 1130 g/mol. The highest BCUT2D eigenvalue weighted by Gasteiger charge is 2.51. The average molecular weight is 1270 g/mol. The number of allylic oxidation sites excluding steroid dienone is 16. The number of rotatable bonds is 59.